The number of amides is 3. The summed E-state index contributed by atoms with van der Waals surface area (Å²) in [5, 5.41) is 19.6. The Balaban J connectivity index is 1.61. The van der Waals surface area contributed by atoms with Crippen molar-refractivity contribution in [2.45, 2.75) is 63.2 Å². The molecular weight excluding hydrogens is 496 g/mol. The van der Waals surface area contributed by atoms with Crippen LogP contribution in [0.2, 0.25) is 5.02 Å². The molecule has 37 heavy (non-hydrogen) atoms. The van der Waals surface area contributed by atoms with Gasteiger partial charge in [0.2, 0.25) is 0 Å². The van der Waals surface area contributed by atoms with Crippen LogP contribution in [0.1, 0.15) is 56.6 Å². The third kappa shape index (κ3) is 9.63. The van der Waals surface area contributed by atoms with E-state index in [-0.39, 0.29) is 30.2 Å². The van der Waals surface area contributed by atoms with Crippen LogP contribution >= 0.6 is 11.6 Å². The molecule has 10 heteroatoms. The Morgan fingerprint density at radius 3 is 2.70 bits per heavy atom. The van der Waals surface area contributed by atoms with Crippen molar-refractivity contribution in [3.8, 4) is 0 Å². The van der Waals surface area contributed by atoms with Crippen molar-refractivity contribution in [1.82, 2.24) is 20.9 Å². The van der Waals surface area contributed by atoms with E-state index < -0.39 is 6.09 Å². The fourth-order valence-electron chi connectivity index (χ4n) is 5.53. The van der Waals surface area contributed by atoms with Gasteiger partial charge in [-0.2, -0.15) is 0 Å². The Kier molecular flexibility index (Phi) is 12.2. The van der Waals surface area contributed by atoms with Gasteiger partial charge >= 0.3 is 12.1 Å². The van der Waals surface area contributed by atoms with Gasteiger partial charge in [0.25, 0.3) is 0 Å². The molecule has 1 saturated heterocycles. The van der Waals surface area contributed by atoms with Gasteiger partial charge < -0.3 is 35.4 Å². The second-order valence-electron chi connectivity index (χ2n) is 10.2. The summed E-state index contributed by atoms with van der Waals surface area (Å²) < 4.78 is 10.9. The number of halogens is 1. The Morgan fingerprint density at radius 1 is 1.22 bits per heavy atom. The highest BCUT2D eigenvalue weighted by Crippen LogP contribution is 2.34. The maximum atomic E-state index is 13.3. The number of hydrogen-bond acceptors (Lipinski definition) is 6. The molecule has 3 atom stereocenters. The summed E-state index contributed by atoms with van der Waals surface area (Å²) in [7, 11) is 3.23. The van der Waals surface area contributed by atoms with Crippen LogP contribution in [-0.4, -0.2) is 81.2 Å². The Bertz CT molecular complexity index is 852. The van der Waals surface area contributed by atoms with Crippen LogP contribution in [0.5, 0.6) is 0 Å². The summed E-state index contributed by atoms with van der Waals surface area (Å²) in [6.45, 7) is 2.63. The first kappa shape index (κ1) is 29.5. The fourth-order valence-corrected chi connectivity index (χ4v) is 5.73. The molecule has 2 fully saturated rings. The van der Waals surface area contributed by atoms with Crippen LogP contribution in [0.15, 0.2) is 24.3 Å². The number of nitrogens with zero attached hydrogens (tertiary/aromatic N) is 1. The normalized spacial score (nSPS) is 23.7. The van der Waals surface area contributed by atoms with Gasteiger partial charge in [0.1, 0.15) is 0 Å². The monoisotopic (exact) mass is 538 g/mol. The maximum Gasteiger partial charge on any atom is 0.406 e. The molecular formula is C27H43ClN4O5. The number of piperidine rings is 1. The van der Waals surface area contributed by atoms with E-state index in [1.165, 1.54) is 7.11 Å². The van der Waals surface area contributed by atoms with E-state index in [1.54, 1.807) is 0 Å². The lowest BCUT2D eigenvalue weighted by molar-refractivity contribution is -0.00866. The molecule has 0 radical (unpaired) electrons. The molecule has 3 rings (SSSR count). The van der Waals surface area contributed by atoms with Crippen LogP contribution in [0.4, 0.5) is 9.59 Å². The summed E-state index contributed by atoms with van der Waals surface area (Å²) in [5.74, 6) is 0.619. The Morgan fingerprint density at radius 2 is 2.00 bits per heavy atom. The fraction of sp³-hybridized carbons (Fsp3) is 0.704. The van der Waals surface area contributed by atoms with Gasteiger partial charge in [-0.15, -0.1) is 0 Å². The number of ether oxygens (including phenoxy) is 2. The molecule has 0 bridgehead atoms. The predicted molar refractivity (Wildman–Crippen MR) is 144 cm³/mol. The number of carbonyl (C=O) groups is 2. The molecule has 2 aliphatic rings. The number of methoxy groups -OCH3 is 1. The number of rotatable bonds is 11. The highest BCUT2D eigenvalue weighted by molar-refractivity contribution is 6.30. The zero-order chi connectivity index (χ0) is 26.6. The SMILES string of the molecule is CNC[C@H](CC1CCC(O)CC1)NC(=O)N1CCC[C@@H](C(OCCNC(=O)OC)c2cccc(Cl)c2)C1. The molecule has 1 aliphatic heterocycles. The first-order valence-electron chi connectivity index (χ1n) is 13.5. The average molecular weight is 539 g/mol. The number of alkyl carbamates (subject to hydrolysis) is 1. The zero-order valence-corrected chi connectivity index (χ0v) is 22.8. The van der Waals surface area contributed by atoms with Crippen molar-refractivity contribution in [1.29, 1.82) is 0 Å². The van der Waals surface area contributed by atoms with Crippen molar-refractivity contribution in [3.63, 3.8) is 0 Å². The second-order valence-corrected chi connectivity index (χ2v) is 10.7. The van der Waals surface area contributed by atoms with E-state index >= 15 is 0 Å². The molecule has 1 saturated carbocycles. The quantitative estimate of drug-likeness (QED) is 0.320. The minimum atomic E-state index is -0.496. The van der Waals surface area contributed by atoms with Crippen molar-refractivity contribution in [3.05, 3.63) is 34.9 Å². The van der Waals surface area contributed by atoms with Gasteiger partial charge in [-0.3, -0.25) is 0 Å². The van der Waals surface area contributed by atoms with Crippen molar-refractivity contribution in [2.24, 2.45) is 11.8 Å². The van der Waals surface area contributed by atoms with Crippen LogP contribution in [-0.2, 0) is 9.47 Å². The molecule has 1 unspecified atom stereocenters. The molecule has 1 aromatic rings. The molecule has 0 aromatic heterocycles. The third-order valence-electron chi connectivity index (χ3n) is 7.42. The molecule has 3 amide bonds. The number of urea groups is 1. The number of likely N-dealkylation sites (N-methyl/N-ethyl adjacent to an activating group) is 1. The first-order chi connectivity index (χ1) is 17.9. The number of hydrogen-bond donors (Lipinski definition) is 4. The predicted octanol–water partition coefficient (Wildman–Crippen LogP) is 3.70. The van der Waals surface area contributed by atoms with Crippen LogP contribution in [0.3, 0.4) is 0 Å². The first-order valence-corrected chi connectivity index (χ1v) is 13.8. The minimum Gasteiger partial charge on any atom is -0.453 e. The number of aliphatic hydroxyl groups is 1. The van der Waals surface area contributed by atoms with E-state index in [1.807, 2.05) is 36.2 Å². The summed E-state index contributed by atoms with van der Waals surface area (Å²) in [4.78, 5) is 26.6. The van der Waals surface area contributed by atoms with E-state index in [9.17, 15) is 14.7 Å². The van der Waals surface area contributed by atoms with Crippen molar-refractivity contribution in [2.75, 3.05) is 46.9 Å². The van der Waals surface area contributed by atoms with Gasteiger partial charge in [-0.05, 0) is 75.6 Å². The lowest BCUT2D eigenvalue weighted by Crippen LogP contribution is -2.52. The zero-order valence-electron chi connectivity index (χ0n) is 22.1. The molecule has 4 N–H and O–H groups in total. The number of carbonyl (C=O) groups excluding carboxylic acids is 2. The molecule has 208 valence electrons. The number of nitrogens with one attached hydrogen (secondary N) is 3. The lowest BCUT2D eigenvalue weighted by atomic mass is 9.83. The summed E-state index contributed by atoms with van der Waals surface area (Å²) in [5.41, 5.74) is 0.963. The van der Waals surface area contributed by atoms with E-state index in [0.717, 1.165) is 50.5 Å². The van der Waals surface area contributed by atoms with Crippen molar-refractivity contribution < 1.29 is 24.2 Å². The highest BCUT2D eigenvalue weighted by Gasteiger charge is 2.32. The number of likely N-dealkylation sites (tertiary alicyclic amines) is 1. The maximum absolute atomic E-state index is 13.3. The van der Waals surface area contributed by atoms with E-state index in [2.05, 4.69) is 20.7 Å². The largest absolute Gasteiger partial charge is 0.453 e. The second kappa shape index (κ2) is 15.4. The van der Waals surface area contributed by atoms with Gasteiger partial charge in [0, 0.05) is 43.2 Å². The molecule has 1 aliphatic carbocycles. The lowest BCUT2D eigenvalue weighted by Gasteiger charge is -2.38. The Labute approximate surface area is 225 Å². The van der Waals surface area contributed by atoms with E-state index in [4.69, 9.17) is 16.3 Å². The third-order valence-corrected chi connectivity index (χ3v) is 7.65. The standard InChI is InChI=1S/C27H43ClN4O5/c1-29-17-23(15-19-8-10-24(33)11-9-19)31-26(34)32-13-4-6-21(18-32)25(20-5-3-7-22(28)16-20)37-14-12-30-27(35)36-2/h3,5,7,16,19,21,23-25,29,33H,4,6,8-15,17-18H2,1-2H3,(H,30,35)(H,31,34)/t19?,21-,23+,24?,25?/m1/s1. The van der Waals surface area contributed by atoms with Gasteiger partial charge in [-0.1, -0.05) is 23.7 Å². The highest BCUT2D eigenvalue weighted by atomic mass is 35.5. The van der Waals surface area contributed by atoms with Crippen LogP contribution in [0, 0.1) is 11.8 Å². The van der Waals surface area contributed by atoms with Gasteiger partial charge in [0.15, 0.2) is 0 Å². The summed E-state index contributed by atoms with van der Waals surface area (Å²) in [6, 6.07) is 7.63. The van der Waals surface area contributed by atoms with Crippen LogP contribution < -0.4 is 16.0 Å². The Hall–Kier alpha value is -2.07. The molecule has 9 nitrogen and oxygen atoms in total. The molecule has 1 aromatic carbocycles. The van der Waals surface area contributed by atoms with Gasteiger partial charge in [-0.25, -0.2) is 9.59 Å². The number of benzene rings is 1. The van der Waals surface area contributed by atoms with E-state index in [0.29, 0.717) is 43.7 Å². The average Bonchev–Trinajstić information content (AvgIpc) is 2.90. The summed E-state index contributed by atoms with van der Waals surface area (Å²) >= 11 is 6.28. The van der Waals surface area contributed by atoms with Gasteiger partial charge in [0.05, 0.1) is 25.9 Å². The van der Waals surface area contributed by atoms with Crippen LogP contribution in [0.25, 0.3) is 0 Å². The summed E-state index contributed by atoms with van der Waals surface area (Å²) in [6.07, 6.45) is 5.50. The number of aliphatic hydroxyl groups excluding tert-OH is 1. The molecule has 0 spiro atoms. The topological polar surface area (TPSA) is 112 Å². The minimum absolute atomic E-state index is 0.0435. The molecule has 1 heterocycles. The smallest absolute Gasteiger partial charge is 0.406 e. The van der Waals surface area contributed by atoms with Crippen molar-refractivity contribution >= 4 is 23.7 Å².